The number of amides is 1. The van der Waals surface area contributed by atoms with E-state index < -0.39 is 0 Å². The van der Waals surface area contributed by atoms with Crippen molar-refractivity contribution in [2.45, 2.75) is 20.8 Å². The lowest BCUT2D eigenvalue weighted by Gasteiger charge is -2.12. The number of halogens is 3. The lowest BCUT2D eigenvalue weighted by molar-refractivity contribution is -0.115. The fourth-order valence-electron chi connectivity index (χ4n) is 3.42. The van der Waals surface area contributed by atoms with Gasteiger partial charge >= 0.3 is 0 Å². The third-order valence-electron chi connectivity index (χ3n) is 5.04. The van der Waals surface area contributed by atoms with Crippen LogP contribution in [0, 0.1) is 20.8 Å². The quantitative estimate of drug-likeness (QED) is 0.393. The number of aryl methyl sites for hydroxylation is 1. The Hall–Kier alpha value is -2.18. The molecule has 0 bridgehead atoms. The van der Waals surface area contributed by atoms with E-state index in [0.717, 1.165) is 33.9 Å². The summed E-state index contributed by atoms with van der Waals surface area (Å²) in [5.41, 5.74) is 5.26. The predicted molar refractivity (Wildman–Crippen MR) is 132 cm³/mol. The second-order valence-electron chi connectivity index (χ2n) is 7.10. The van der Waals surface area contributed by atoms with Gasteiger partial charge in [0.1, 0.15) is 0 Å². The number of benzene rings is 2. The van der Waals surface area contributed by atoms with Gasteiger partial charge in [-0.25, -0.2) is 4.99 Å². The number of hydrogen-bond acceptors (Lipinski definition) is 3. The first-order chi connectivity index (χ1) is 14.8. The number of aromatic nitrogens is 1. The van der Waals surface area contributed by atoms with Crippen LogP contribution in [0.4, 0.5) is 5.69 Å². The zero-order valence-electron chi connectivity index (χ0n) is 17.0. The molecule has 8 heteroatoms. The number of carbonyl (C=O) groups is 1. The maximum Gasteiger partial charge on any atom is 0.264 e. The second-order valence-corrected chi connectivity index (χ2v) is 9.32. The van der Waals surface area contributed by atoms with Crippen molar-refractivity contribution in [2.75, 3.05) is 0 Å². The first-order valence-corrected chi connectivity index (χ1v) is 11.4. The van der Waals surface area contributed by atoms with Crippen LogP contribution in [0.5, 0.6) is 0 Å². The molecule has 31 heavy (non-hydrogen) atoms. The van der Waals surface area contributed by atoms with E-state index in [1.165, 1.54) is 11.8 Å². The molecule has 0 radical (unpaired) electrons. The smallest absolute Gasteiger partial charge is 0.264 e. The Morgan fingerprint density at radius 1 is 1.03 bits per heavy atom. The number of amidine groups is 1. The van der Waals surface area contributed by atoms with Gasteiger partial charge in [0.05, 0.1) is 26.3 Å². The molecule has 1 N–H and O–H groups in total. The van der Waals surface area contributed by atoms with Gasteiger partial charge < -0.3 is 9.88 Å². The third kappa shape index (κ3) is 4.28. The van der Waals surface area contributed by atoms with Crippen molar-refractivity contribution in [2.24, 2.45) is 4.99 Å². The summed E-state index contributed by atoms with van der Waals surface area (Å²) in [6, 6.07) is 13.1. The Labute approximate surface area is 199 Å². The van der Waals surface area contributed by atoms with Gasteiger partial charge in [-0.3, -0.25) is 4.79 Å². The molecule has 4 rings (SSSR count). The molecule has 1 aliphatic heterocycles. The summed E-state index contributed by atoms with van der Waals surface area (Å²) in [7, 11) is 0. The van der Waals surface area contributed by atoms with Crippen LogP contribution >= 0.6 is 46.6 Å². The largest absolute Gasteiger partial charge is 0.316 e. The highest BCUT2D eigenvalue weighted by atomic mass is 35.5. The van der Waals surface area contributed by atoms with Crippen LogP contribution in [0.2, 0.25) is 15.1 Å². The lowest BCUT2D eigenvalue weighted by atomic mass is 10.2. The molecule has 0 aliphatic carbocycles. The van der Waals surface area contributed by atoms with E-state index in [2.05, 4.69) is 10.3 Å². The summed E-state index contributed by atoms with van der Waals surface area (Å²) >= 11 is 20.1. The summed E-state index contributed by atoms with van der Waals surface area (Å²) < 4.78 is 2.03. The lowest BCUT2D eigenvalue weighted by Crippen LogP contribution is -2.19. The van der Waals surface area contributed by atoms with Crippen molar-refractivity contribution in [3.63, 3.8) is 0 Å². The van der Waals surface area contributed by atoms with E-state index in [0.29, 0.717) is 25.1 Å². The SMILES string of the molecule is Cc1c(Cl)cccc1N=C1NC(=O)/C(=C\c2cc(C)n(-c3cccc(Cl)c3Cl)c2C)S1. The average Bonchev–Trinajstić information content (AvgIpc) is 3.20. The van der Waals surface area contributed by atoms with E-state index in [1.54, 1.807) is 6.07 Å². The van der Waals surface area contributed by atoms with Crippen molar-refractivity contribution in [1.29, 1.82) is 0 Å². The molecule has 3 aromatic rings. The van der Waals surface area contributed by atoms with Crippen molar-refractivity contribution < 1.29 is 4.79 Å². The second kappa shape index (κ2) is 8.75. The zero-order chi connectivity index (χ0) is 22.3. The number of thioether (sulfide) groups is 1. The molecular formula is C23H18Cl3N3OS. The summed E-state index contributed by atoms with van der Waals surface area (Å²) in [5.74, 6) is -0.186. The normalized spacial score (nSPS) is 16.4. The third-order valence-corrected chi connectivity index (χ3v) is 7.17. The zero-order valence-corrected chi connectivity index (χ0v) is 20.0. The molecule has 2 heterocycles. The predicted octanol–water partition coefficient (Wildman–Crippen LogP) is 7.25. The van der Waals surface area contributed by atoms with Crippen molar-refractivity contribution in [3.8, 4) is 5.69 Å². The molecule has 0 saturated carbocycles. The number of nitrogens with one attached hydrogen (secondary N) is 1. The molecule has 1 aromatic heterocycles. The van der Waals surface area contributed by atoms with Gasteiger partial charge in [-0.15, -0.1) is 0 Å². The minimum absolute atomic E-state index is 0.186. The summed E-state index contributed by atoms with van der Waals surface area (Å²) in [4.78, 5) is 17.7. The molecule has 1 fully saturated rings. The number of rotatable bonds is 3. The molecule has 1 aliphatic rings. The average molecular weight is 491 g/mol. The van der Waals surface area contributed by atoms with Crippen LogP contribution in [0.25, 0.3) is 11.8 Å². The topological polar surface area (TPSA) is 46.4 Å². The van der Waals surface area contributed by atoms with Gasteiger partial charge in [0.25, 0.3) is 5.91 Å². The monoisotopic (exact) mass is 489 g/mol. The van der Waals surface area contributed by atoms with Crippen LogP contribution in [0.15, 0.2) is 52.4 Å². The molecule has 0 atom stereocenters. The number of carbonyl (C=O) groups excluding carboxylic acids is 1. The van der Waals surface area contributed by atoms with Crippen molar-refractivity contribution >= 4 is 69.4 Å². The maximum atomic E-state index is 12.6. The van der Waals surface area contributed by atoms with Crippen molar-refractivity contribution in [1.82, 2.24) is 9.88 Å². The molecule has 158 valence electrons. The summed E-state index contributed by atoms with van der Waals surface area (Å²) in [6.07, 6.45) is 1.87. The first-order valence-electron chi connectivity index (χ1n) is 9.44. The molecule has 2 aromatic carbocycles. The molecule has 1 amide bonds. The number of aliphatic imine (C=N–C) groups is 1. The highest BCUT2D eigenvalue weighted by Gasteiger charge is 2.25. The van der Waals surface area contributed by atoms with Crippen LogP contribution in [0.1, 0.15) is 22.5 Å². The Kier molecular flexibility index (Phi) is 6.22. The fourth-order valence-corrected chi connectivity index (χ4v) is 4.79. The highest BCUT2D eigenvalue weighted by molar-refractivity contribution is 8.18. The molecule has 1 saturated heterocycles. The van der Waals surface area contributed by atoms with Crippen LogP contribution in [0.3, 0.4) is 0 Å². The first kappa shape index (κ1) is 22.0. The molecule has 0 spiro atoms. The van der Waals surface area contributed by atoms with Crippen LogP contribution in [-0.4, -0.2) is 15.6 Å². The molecular weight excluding hydrogens is 473 g/mol. The number of hydrogen-bond donors (Lipinski definition) is 1. The van der Waals surface area contributed by atoms with E-state index in [4.69, 9.17) is 34.8 Å². The fraction of sp³-hybridized carbons (Fsp3) is 0.130. The maximum absolute atomic E-state index is 12.6. The van der Waals surface area contributed by atoms with E-state index >= 15 is 0 Å². The van der Waals surface area contributed by atoms with Gasteiger partial charge in [0.15, 0.2) is 5.17 Å². The summed E-state index contributed by atoms with van der Waals surface area (Å²) in [6.45, 7) is 5.87. The minimum atomic E-state index is -0.186. The molecule has 4 nitrogen and oxygen atoms in total. The van der Waals surface area contributed by atoms with Gasteiger partial charge in [-0.05, 0) is 80.1 Å². The number of nitrogens with zero attached hydrogens (tertiary/aromatic N) is 2. The Morgan fingerprint density at radius 3 is 2.52 bits per heavy atom. The Morgan fingerprint density at radius 2 is 1.74 bits per heavy atom. The summed E-state index contributed by atoms with van der Waals surface area (Å²) in [5, 5.41) is 4.97. The van der Waals surface area contributed by atoms with E-state index in [-0.39, 0.29) is 5.91 Å². The standard InChI is InChI=1S/C23H18Cl3N3OS/c1-12-10-15(14(3)29(12)19-9-5-7-17(25)21(19)26)11-20-22(30)28-23(31-20)27-18-8-4-6-16(24)13(18)2/h4-11H,1-3H3,(H,27,28,30)/b20-11+. The Balaban J connectivity index is 1.68. The van der Waals surface area contributed by atoms with Gasteiger partial charge in [-0.1, -0.05) is 46.9 Å². The van der Waals surface area contributed by atoms with Crippen molar-refractivity contribution in [3.05, 3.63) is 85.0 Å². The van der Waals surface area contributed by atoms with Gasteiger partial charge in [-0.2, -0.15) is 0 Å². The Bertz CT molecular complexity index is 1280. The van der Waals surface area contributed by atoms with Crippen LogP contribution < -0.4 is 5.32 Å². The van der Waals surface area contributed by atoms with Crippen LogP contribution in [-0.2, 0) is 4.79 Å². The van der Waals surface area contributed by atoms with E-state index in [9.17, 15) is 4.79 Å². The van der Waals surface area contributed by atoms with Gasteiger partial charge in [0, 0.05) is 16.4 Å². The molecule has 0 unspecified atom stereocenters. The minimum Gasteiger partial charge on any atom is -0.316 e. The van der Waals surface area contributed by atoms with Gasteiger partial charge in [0.2, 0.25) is 0 Å². The highest BCUT2D eigenvalue weighted by Crippen LogP contribution is 2.34. The van der Waals surface area contributed by atoms with E-state index in [1.807, 2.05) is 67.8 Å².